The summed E-state index contributed by atoms with van der Waals surface area (Å²) < 4.78 is 0. The van der Waals surface area contributed by atoms with Gasteiger partial charge in [-0.3, -0.25) is 4.79 Å². The highest BCUT2D eigenvalue weighted by atomic mass is 16.1. The summed E-state index contributed by atoms with van der Waals surface area (Å²) in [4.78, 5) is 28.3. The first-order valence-corrected chi connectivity index (χ1v) is 6.13. The molecule has 92 valence electrons. The molecule has 4 heteroatoms. The molecule has 1 aliphatic rings. The molecule has 0 saturated carbocycles. The van der Waals surface area contributed by atoms with Crippen LogP contribution in [0.15, 0.2) is 35.3 Å². The van der Waals surface area contributed by atoms with Gasteiger partial charge >= 0.3 is 5.69 Å². The zero-order valence-electron chi connectivity index (χ0n) is 9.90. The number of carbonyl (C=O) groups excluding carboxylic acids is 1. The fraction of sp³-hybridized carbons (Fsp3) is 0.286. The van der Waals surface area contributed by atoms with Crippen molar-refractivity contribution in [2.75, 3.05) is 0 Å². The minimum atomic E-state index is -0.324. The Bertz CT molecular complexity index is 639. The molecule has 2 N–H and O–H groups in total. The number of nitrogens with one attached hydrogen (secondary N) is 2. The zero-order chi connectivity index (χ0) is 12.5. The fourth-order valence-electron chi connectivity index (χ4n) is 2.61. The molecule has 1 aromatic carbocycles. The summed E-state index contributed by atoms with van der Waals surface area (Å²) in [5.74, 6) is 0.00852. The number of hydrogen-bond acceptors (Lipinski definition) is 2. The lowest BCUT2D eigenvalue weighted by molar-refractivity contribution is 0.0904. The second kappa shape index (κ2) is 4.29. The fourth-order valence-corrected chi connectivity index (χ4v) is 2.61. The molecule has 1 heterocycles. The molecular formula is C14H14N2O2. The predicted octanol–water partition coefficient (Wildman–Crippen LogP) is 1.69. The van der Waals surface area contributed by atoms with Crippen LogP contribution < -0.4 is 5.69 Å². The molecule has 1 unspecified atom stereocenters. The van der Waals surface area contributed by atoms with Gasteiger partial charge in [0.15, 0.2) is 5.78 Å². The summed E-state index contributed by atoms with van der Waals surface area (Å²) in [5.41, 5.74) is 2.66. The van der Waals surface area contributed by atoms with E-state index < -0.39 is 0 Å². The molecule has 3 rings (SSSR count). The Morgan fingerprint density at radius 2 is 2.00 bits per heavy atom. The molecule has 4 nitrogen and oxygen atoms in total. The third-order valence-electron chi connectivity index (χ3n) is 3.58. The highest BCUT2D eigenvalue weighted by molar-refractivity contribution is 5.96. The van der Waals surface area contributed by atoms with E-state index in [0.29, 0.717) is 5.69 Å². The number of ketones is 1. The molecule has 0 saturated heterocycles. The maximum absolute atomic E-state index is 12.2. The molecule has 1 atom stereocenters. The lowest BCUT2D eigenvalue weighted by atomic mass is 9.81. The summed E-state index contributed by atoms with van der Waals surface area (Å²) in [5, 5.41) is 0. The van der Waals surface area contributed by atoms with E-state index in [0.717, 1.165) is 19.3 Å². The smallest absolute Gasteiger partial charge is 0.312 e. The van der Waals surface area contributed by atoms with Crippen LogP contribution in [0.2, 0.25) is 0 Å². The van der Waals surface area contributed by atoms with E-state index in [4.69, 9.17) is 0 Å². The number of hydrogen-bond donors (Lipinski definition) is 2. The molecule has 0 aliphatic heterocycles. The van der Waals surface area contributed by atoms with Gasteiger partial charge in [-0.25, -0.2) is 4.79 Å². The number of fused-ring (bicyclic) bond motifs is 1. The van der Waals surface area contributed by atoms with E-state index in [9.17, 15) is 9.59 Å². The van der Waals surface area contributed by atoms with E-state index in [1.807, 2.05) is 12.1 Å². The van der Waals surface area contributed by atoms with Crippen molar-refractivity contribution in [2.45, 2.75) is 19.3 Å². The van der Waals surface area contributed by atoms with Crippen LogP contribution in [0.3, 0.4) is 0 Å². The van der Waals surface area contributed by atoms with E-state index in [-0.39, 0.29) is 17.4 Å². The molecular weight excluding hydrogens is 228 g/mol. The van der Waals surface area contributed by atoms with Crippen molar-refractivity contribution < 1.29 is 4.79 Å². The molecule has 0 spiro atoms. The molecule has 18 heavy (non-hydrogen) atoms. The minimum absolute atomic E-state index is 0.0219. The number of Topliss-reactive ketones (excluding diaryl/α,β-unsaturated/α-hetero) is 1. The number of H-pyrrole nitrogens is 2. The third-order valence-corrected chi connectivity index (χ3v) is 3.58. The van der Waals surface area contributed by atoms with E-state index in [2.05, 4.69) is 22.1 Å². The molecule has 0 radical (unpaired) electrons. The van der Waals surface area contributed by atoms with Gasteiger partial charge in [0.25, 0.3) is 0 Å². The van der Waals surface area contributed by atoms with Crippen molar-refractivity contribution in [3.8, 4) is 0 Å². The average Bonchev–Trinajstić information content (AvgIpc) is 2.84. The van der Waals surface area contributed by atoms with Gasteiger partial charge in [-0.2, -0.15) is 0 Å². The zero-order valence-corrected chi connectivity index (χ0v) is 9.90. The average molecular weight is 242 g/mol. The highest BCUT2D eigenvalue weighted by Gasteiger charge is 2.26. The largest absolute Gasteiger partial charge is 0.323 e. The monoisotopic (exact) mass is 242 g/mol. The molecule has 2 aromatic rings. The standard InChI is InChI=1S/C14H14N2O2/c17-13(12-8-15-14(18)16-12)11-6-5-9-3-1-2-4-10(9)7-11/h1-4,8,11H,5-7H2,(H2,15,16,18). The van der Waals surface area contributed by atoms with Gasteiger partial charge in [0.05, 0.1) is 0 Å². The van der Waals surface area contributed by atoms with Crippen LogP contribution in [0.5, 0.6) is 0 Å². The second-order valence-corrected chi connectivity index (χ2v) is 4.73. The van der Waals surface area contributed by atoms with Crippen molar-refractivity contribution in [3.05, 3.63) is 57.8 Å². The normalized spacial score (nSPS) is 18.3. The Morgan fingerprint density at radius 1 is 1.22 bits per heavy atom. The van der Waals surface area contributed by atoms with Gasteiger partial charge in [-0.05, 0) is 30.4 Å². The van der Waals surface area contributed by atoms with Crippen LogP contribution in [0.25, 0.3) is 0 Å². The molecule has 1 aliphatic carbocycles. The number of aromatic nitrogens is 2. The number of imidazole rings is 1. The predicted molar refractivity (Wildman–Crippen MR) is 67.7 cm³/mol. The van der Waals surface area contributed by atoms with Crippen LogP contribution in [0.1, 0.15) is 28.0 Å². The van der Waals surface area contributed by atoms with Gasteiger partial charge in [-0.15, -0.1) is 0 Å². The van der Waals surface area contributed by atoms with Gasteiger partial charge in [0.2, 0.25) is 0 Å². The number of carbonyl (C=O) groups is 1. The van der Waals surface area contributed by atoms with Crippen molar-refractivity contribution in [1.82, 2.24) is 9.97 Å². The number of aromatic amines is 2. The first kappa shape index (κ1) is 11.0. The highest BCUT2D eigenvalue weighted by Crippen LogP contribution is 2.27. The van der Waals surface area contributed by atoms with Gasteiger partial charge in [0.1, 0.15) is 5.69 Å². The summed E-state index contributed by atoms with van der Waals surface area (Å²) in [6, 6.07) is 8.23. The molecule has 0 amide bonds. The second-order valence-electron chi connectivity index (χ2n) is 4.73. The molecule has 0 fully saturated rings. The Hall–Kier alpha value is -2.10. The van der Waals surface area contributed by atoms with Gasteiger partial charge in [-0.1, -0.05) is 24.3 Å². The van der Waals surface area contributed by atoms with Crippen LogP contribution in [0.4, 0.5) is 0 Å². The Kier molecular flexibility index (Phi) is 2.63. The lowest BCUT2D eigenvalue weighted by Crippen LogP contribution is -2.23. The third kappa shape index (κ3) is 1.90. The van der Waals surface area contributed by atoms with Crippen molar-refractivity contribution in [1.29, 1.82) is 0 Å². The molecule has 0 bridgehead atoms. The number of benzene rings is 1. The molecule has 1 aromatic heterocycles. The SMILES string of the molecule is O=C(c1c[nH]c(=O)[nH]1)C1CCc2ccccc2C1. The maximum Gasteiger partial charge on any atom is 0.323 e. The minimum Gasteiger partial charge on any atom is -0.312 e. The summed E-state index contributed by atoms with van der Waals surface area (Å²) >= 11 is 0. The van der Waals surface area contributed by atoms with Crippen molar-refractivity contribution in [2.24, 2.45) is 5.92 Å². The maximum atomic E-state index is 12.2. The van der Waals surface area contributed by atoms with Crippen LogP contribution >= 0.6 is 0 Å². The quantitative estimate of drug-likeness (QED) is 0.787. The van der Waals surface area contributed by atoms with Crippen LogP contribution in [-0.4, -0.2) is 15.8 Å². The first-order chi connectivity index (χ1) is 8.74. The lowest BCUT2D eigenvalue weighted by Gasteiger charge is -2.22. The summed E-state index contributed by atoms with van der Waals surface area (Å²) in [7, 11) is 0. The van der Waals surface area contributed by atoms with Crippen molar-refractivity contribution in [3.63, 3.8) is 0 Å². The van der Waals surface area contributed by atoms with E-state index >= 15 is 0 Å². The first-order valence-electron chi connectivity index (χ1n) is 6.13. The Balaban J connectivity index is 1.84. The Morgan fingerprint density at radius 3 is 2.72 bits per heavy atom. The summed E-state index contributed by atoms with van der Waals surface area (Å²) in [6.07, 6.45) is 4.01. The summed E-state index contributed by atoms with van der Waals surface area (Å²) in [6.45, 7) is 0. The van der Waals surface area contributed by atoms with Crippen LogP contribution in [0, 0.1) is 5.92 Å². The van der Waals surface area contributed by atoms with Gasteiger partial charge in [0, 0.05) is 12.1 Å². The topological polar surface area (TPSA) is 65.7 Å². The van der Waals surface area contributed by atoms with E-state index in [1.54, 1.807) is 0 Å². The van der Waals surface area contributed by atoms with E-state index in [1.165, 1.54) is 17.3 Å². The number of rotatable bonds is 2. The van der Waals surface area contributed by atoms with Gasteiger partial charge < -0.3 is 9.97 Å². The van der Waals surface area contributed by atoms with Crippen LogP contribution in [-0.2, 0) is 12.8 Å². The van der Waals surface area contributed by atoms with Crippen molar-refractivity contribution >= 4 is 5.78 Å². The number of aryl methyl sites for hydroxylation is 1. The Labute approximate surface area is 104 Å².